The molecule has 3 heteroatoms. The van der Waals surface area contributed by atoms with Crippen LogP contribution in [0.4, 0.5) is 0 Å². The number of ketones is 1. The summed E-state index contributed by atoms with van der Waals surface area (Å²) in [5.41, 5.74) is 2.47. The molecular formula is C14H10Br2O. The van der Waals surface area contributed by atoms with Crippen molar-refractivity contribution in [3.63, 3.8) is 0 Å². The monoisotopic (exact) mass is 352 g/mol. The van der Waals surface area contributed by atoms with Gasteiger partial charge in [0.25, 0.3) is 0 Å². The van der Waals surface area contributed by atoms with Crippen LogP contribution in [0.25, 0.3) is 0 Å². The standard InChI is InChI=1S/C14H10Br2O/c1-9-7-8-11(13(16)12(9)15)14(17)10-5-3-2-4-6-10/h2-8H,1H3. The first-order valence-corrected chi connectivity index (χ1v) is 6.74. The summed E-state index contributed by atoms with van der Waals surface area (Å²) in [6, 6.07) is 13.1. The third-order valence-corrected chi connectivity index (χ3v) is 4.93. The van der Waals surface area contributed by atoms with Crippen molar-refractivity contribution in [1.29, 1.82) is 0 Å². The molecule has 0 unspecified atom stereocenters. The van der Waals surface area contributed by atoms with E-state index in [-0.39, 0.29) is 5.78 Å². The first kappa shape index (κ1) is 12.5. The Kier molecular flexibility index (Phi) is 3.79. The van der Waals surface area contributed by atoms with Gasteiger partial charge in [0.15, 0.2) is 5.78 Å². The van der Waals surface area contributed by atoms with Gasteiger partial charge in [-0.25, -0.2) is 0 Å². The molecule has 0 amide bonds. The van der Waals surface area contributed by atoms with E-state index in [1.54, 1.807) is 0 Å². The molecule has 0 aliphatic carbocycles. The maximum Gasteiger partial charge on any atom is 0.194 e. The minimum absolute atomic E-state index is 0.0261. The van der Waals surface area contributed by atoms with E-state index < -0.39 is 0 Å². The van der Waals surface area contributed by atoms with Crippen LogP contribution in [0, 0.1) is 6.92 Å². The third-order valence-electron chi connectivity index (χ3n) is 2.56. The summed E-state index contributed by atoms with van der Waals surface area (Å²) in [6.07, 6.45) is 0. The predicted octanol–water partition coefficient (Wildman–Crippen LogP) is 4.75. The van der Waals surface area contributed by atoms with Crippen LogP contribution in [0.2, 0.25) is 0 Å². The van der Waals surface area contributed by atoms with Crippen LogP contribution in [-0.2, 0) is 0 Å². The van der Waals surface area contributed by atoms with Gasteiger partial charge in [-0.05, 0) is 50.4 Å². The Morgan fingerprint density at radius 2 is 1.59 bits per heavy atom. The molecule has 2 aromatic carbocycles. The molecule has 86 valence electrons. The van der Waals surface area contributed by atoms with Crippen LogP contribution in [0.15, 0.2) is 51.4 Å². The Morgan fingerprint density at radius 1 is 0.941 bits per heavy atom. The maximum absolute atomic E-state index is 12.3. The van der Waals surface area contributed by atoms with Crippen molar-refractivity contribution < 1.29 is 4.79 Å². The lowest BCUT2D eigenvalue weighted by Gasteiger charge is -2.07. The summed E-state index contributed by atoms with van der Waals surface area (Å²) < 4.78 is 1.74. The summed E-state index contributed by atoms with van der Waals surface area (Å²) in [6.45, 7) is 1.99. The topological polar surface area (TPSA) is 17.1 Å². The summed E-state index contributed by atoms with van der Waals surface area (Å²) in [4.78, 5) is 12.3. The van der Waals surface area contributed by atoms with Crippen molar-refractivity contribution in [3.8, 4) is 0 Å². The zero-order valence-electron chi connectivity index (χ0n) is 9.21. The average Bonchev–Trinajstić information content (AvgIpc) is 2.36. The number of carbonyl (C=O) groups is 1. The molecule has 0 saturated carbocycles. The van der Waals surface area contributed by atoms with Crippen molar-refractivity contribution in [3.05, 3.63) is 68.1 Å². The van der Waals surface area contributed by atoms with Crippen LogP contribution in [-0.4, -0.2) is 5.78 Å². The highest BCUT2D eigenvalue weighted by Gasteiger charge is 2.14. The van der Waals surface area contributed by atoms with Gasteiger partial charge < -0.3 is 0 Å². The van der Waals surface area contributed by atoms with Crippen molar-refractivity contribution in [2.24, 2.45) is 0 Å². The van der Waals surface area contributed by atoms with Crippen LogP contribution < -0.4 is 0 Å². The molecule has 0 bridgehead atoms. The van der Waals surface area contributed by atoms with Gasteiger partial charge in [0.1, 0.15) is 0 Å². The second-order valence-corrected chi connectivity index (χ2v) is 5.34. The molecule has 17 heavy (non-hydrogen) atoms. The number of aryl methyl sites for hydroxylation is 1. The van der Waals surface area contributed by atoms with E-state index in [0.717, 1.165) is 14.5 Å². The molecule has 0 N–H and O–H groups in total. The van der Waals surface area contributed by atoms with Gasteiger partial charge >= 0.3 is 0 Å². The van der Waals surface area contributed by atoms with E-state index in [1.807, 2.05) is 49.4 Å². The normalized spacial score (nSPS) is 10.3. The molecule has 2 aromatic rings. The first-order chi connectivity index (χ1) is 8.11. The Labute approximate surface area is 117 Å². The molecule has 0 aliphatic rings. The van der Waals surface area contributed by atoms with Gasteiger partial charge in [-0.15, -0.1) is 0 Å². The number of halogens is 2. The predicted molar refractivity (Wildman–Crippen MR) is 76.5 cm³/mol. The highest BCUT2D eigenvalue weighted by Crippen LogP contribution is 2.31. The maximum atomic E-state index is 12.3. The van der Waals surface area contributed by atoms with Crippen LogP contribution >= 0.6 is 31.9 Å². The highest BCUT2D eigenvalue weighted by molar-refractivity contribution is 9.13. The quantitative estimate of drug-likeness (QED) is 0.712. The van der Waals surface area contributed by atoms with Gasteiger partial charge in [-0.3, -0.25) is 4.79 Å². The summed E-state index contributed by atoms with van der Waals surface area (Å²) >= 11 is 6.93. The van der Waals surface area contributed by atoms with Gasteiger partial charge in [0.2, 0.25) is 0 Å². The zero-order chi connectivity index (χ0) is 12.4. The molecule has 0 spiro atoms. The van der Waals surface area contributed by atoms with E-state index in [9.17, 15) is 4.79 Å². The lowest BCUT2D eigenvalue weighted by Crippen LogP contribution is -2.02. The lowest BCUT2D eigenvalue weighted by atomic mass is 10.0. The number of carbonyl (C=O) groups excluding carboxylic acids is 1. The van der Waals surface area contributed by atoms with Gasteiger partial charge in [-0.1, -0.05) is 36.4 Å². The molecule has 0 atom stereocenters. The summed E-state index contributed by atoms with van der Waals surface area (Å²) in [7, 11) is 0. The molecule has 0 aromatic heterocycles. The van der Waals surface area contributed by atoms with Crippen molar-refractivity contribution in [1.82, 2.24) is 0 Å². The minimum Gasteiger partial charge on any atom is -0.289 e. The Hall–Kier alpha value is -0.930. The van der Waals surface area contributed by atoms with Crippen LogP contribution in [0.1, 0.15) is 21.5 Å². The summed E-state index contributed by atoms with van der Waals surface area (Å²) in [5.74, 6) is 0.0261. The molecule has 1 nitrogen and oxygen atoms in total. The smallest absolute Gasteiger partial charge is 0.194 e. The van der Waals surface area contributed by atoms with E-state index in [0.29, 0.717) is 11.1 Å². The van der Waals surface area contributed by atoms with Gasteiger partial charge in [0.05, 0.1) is 0 Å². The fraction of sp³-hybridized carbons (Fsp3) is 0.0714. The second kappa shape index (κ2) is 5.15. The van der Waals surface area contributed by atoms with E-state index >= 15 is 0 Å². The Morgan fingerprint density at radius 3 is 2.24 bits per heavy atom. The molecule has 0 aliphatic heterocycles. The molecule has 0 radical (unpaired) electrons. The van der Waals surface area contributed by atoms with Crippen molar-refractivity contribution >= 4 is 37.6 Å². The zero-order valence-corrected chi connectivity index (χ0v) is 12.4. The molecular weight excluding hydrogens is 344 g/mol. The Balaban J connectivity index is 2.49. The fourth-order valence-electron chi connectivity index (χ4n) is 1.57. The minimum atomic E-state index is 0.0261. The van der Waals surface area contributed by atoms with Crippen molar-refractivity contribution in [2.75, 3.05) is 0 Å². The van der Waals surface area contributed by atoms with Gasteiger partial charge in [-0.2, -0.15) is 0 Å². The Bertz CT molecular complexity index is 562. The fourth-order valence-corrected chi connectivity index (χ4v) is 2.54. The summed E-state index contributed by atoms with van der Waals surface area (Å²) in [5, 5.41) is 0. The SMILES string of the molecule is Cc1ccc(C(=O)c2ccccc2)c(Br)c1Br. The molecule has 0 heterocycles. The van der Waals surface area contributed by atoms with Gasteiger partial charge in [0, 0.05) is 20.1 Å². The largest absolute Gasteiger partial charge is 0.289 e. The number of benzene rings is 2. The molecule has 2 rings (SSSR count). The van der Waals surface area contributed by atoms with E-state index in [2.05, 4.69) is 31.9 Å². The number of hydrogen-bond acceptors (Lipinski definition) is 1. The molecule has 0 fully saturated rings. The number of rotatable bonds is 2. The third kappa shape index (κ3) is 2.50. The van der Waals surface area contributed by atoms with E-state index in [1.165, 1.54) is 0 Å². The highest BCUT2D eigenvalue weighted by atomic mass is 79.9. The average molecular weight is 354 g/mol. The second-order valence-electron chi connectivity index (χ2n) is 3.75. The van der Waals surface area contributed by atoms with Crippen LogP contribution in [0.5, 0.6) is 0 Å². The molecule has 0 saturated heterocycles. The van der Waals surface area contributed by atoms with Crippen molar-refractivity contribution in [2.45, 2.75) is 6.92 Å². The lowest BCUT2D eigenvalue weighted by molar-refractivity contribution is 0.103. The first-order valence-electron chi connectivity index (χ1n) is 5.15. The van der Waals surface area contributed by atoms with E-state index in [4.69, 9.17) is 0 Å². The number of hydrogen-bond donors (Lipinski definition) is 0. The van der Waals surface area contributed by atoms with Crippen LogP contribution in [0.3, 0.4) is 0 Å².